The van der Waals surface area contributed by atoms with Crippen molar-refractivity contribution in [2.75, 3.05) is 13.7 Å². The molecule has 10 heteroatoms. The van der Waals surface area contributed by atoms with Crippen LogP contribution < -0.4 is 20.2 Å². The van der Waals surface area contributed by atoms with Gasteiger partial charge in [0.25, 0.3) is 5.91 Å². The zero-order chi connectivity index (χ0) is 25.8. The summed E-state index contributed by atoms with van der Waals surface area (Å²) in [7, 11) is 1.57. The number of ether oxygens (including phenoxy) is 2. The van der Waals surface area contributed by atoms with Crippen LogP contribution in [-0.2, 0) is 14.4 Å². The largest absolute Gasteiger partial charge is 0.497 e. The van der Waals surface area contributed by atoms with Crippen LogP contribution in [0.15, 0.2) is 87.0 Å². The quantitative estimate of drug-likeness (QED) is 0.129. The minimum Gasteiger partial charge on any atom is -0.497 e. The number of hydrogen-bond acceptors (Lipinski definition) is 7. The number of methoxy groups -OCH3 is 1. The molecule has 184 valence electrons. The summed E-state index contributed by atoms with van der Waals surface area (Å²) in [5.41, 5.74) is 3.56. The molecular weight excluding hydrogens is 530 g/mol. The smallest absolute Gasteiger partial charge is 0.336 e. The Morgan fingerprint density at radius 2 is 1.86 bits per heavy atom. The molecule has 2 amide bonds. The van der Waals surface area contributed by atoms with Gasteiger partial charge in [0.05, 0.1) is 26.1 Å². The van der Waals surface area contributed by atoms with E-state index in [9.17, 15) is 14.4 Å². The van der Waals surface area contributed by atoms with Gasteiger partial charge in [-0.05, 0) is 60.2 Å². The molecule has 0 spiro atoms. The van der Waals surface area contributed by atoms with Crippen molar-refractivity contribution in [3.63, 3.8) is 0 Å². The van der Waals surface area contributed by atoms with Crippen LogP contribution in [0.3, 0.4) is 0 Å². The zero-order valence-corrected chi connectivity index (χ0v) is 20.7. The number of esters is 1. The molecule has 0 aliphatic heterocycles. The van der Waals surface area contributed by atoms with Crippen molar-refractivity contribution < 1.29 is 28.3 Å². The lowest BCUT2D eigenvalue weighted by Gasteiger charge is -2.06. The van der Waals surface area contributed by atoms with Gasteiger partial charge in [0.15, 0.2) is 0 Å². The third-order valence-corrected chi connectivity index (χ3v) is 4.96. The fourth-order valence-corrected chi connectivity index (χ4v) is 3.10. The summed E-state index contributed by atoms with van der Waals surface area (Å²) in [6.45, 7) is -0.277. The number of benzene rings is 2. The first-order valence-electron chi connectivity index (χ1n) is 10.6. The number of halogens is 1. The van der Waals surface area contributed by atoms with E-state index in [1.165, 1.54) is 30.7 Å². The number of hydrogen-bond donors (Lipinski definition) is 2. The molecule has 0 aliphatic rings. The van der Waals surface area contributed by atoms with Crippen LogP contribution in [-0.4, -0.2) is 37.7 Å². The molecule has 0 bridgehead atoms. The number of furan rings is 1. The third-order valence-electron chi connectivity index (χ3n) is 4.47. The van der Waals surface area contributed by atoms with E-state index in [-0.39, 0.29) is 12.3 Å². The van der Waals surface area contributed by atoms with Gasteiger partial charge in [0, 0.05) is 22.2 Å². The van der Waals surface area contributed by atoms with Crippen molar-refractivity contribution in [1.29, 1.82) is 0 Å². The van der Waals surface area contributed by atoms with Crippen molar-refractivity contribution in [3.05, 3.63) is 94.4 Å². The Labute approximate surface area is 215 Å². The van der Waals surface area contributed by atoms with Crippen molar-refractivity contribution in [3.8, 4) is 11.5 Å². The van der Waals surface area contributed by atoms with Gasteiger partial charge in [0.1, 0.15) is 17.3 Å². The van der Waals surface area contributed by atoms with Crippen LogP contribution in [0.2, 0.25) is 0 Å². The molecule has 36 heavy (non-hydrogen) atoms. The molecule has 0 aliphatic carbocycles. The molecule has 2 aromatic carbocycles. The zero-order valence-electron chi connectivity index (χ0n) is 19.1. The number of nitrogens with zero attached hydrogens (tertiary/aromatic N) is 1. The maximum Gasteiger partial charge on any atom is 0.336 e. The van der Waals surface area contributed by atoms with Gasteiger partial charge >= 0.3 is 5.97 Å². The molecule has 0 fully saturated rings. The molecule has 3 rings (SSSR count). The topological polar surface area (TPSA) is 119 Å². The van der Waals surface area contributed by atoms with Crippen LogP contribution in [0, 0.1) is 0 Å². The Morgan fingerprint density at radius 1 is 1.06 bits per heavy atom. The normalized spacial score (nSPS) is 11.2. The summed E-state index contributed by atoms with van der Waals surface area (Å²) in [6.07, 6.45) is 8.47. The molecule has 1 heterocycles. The van der Waals surface area contributed by atoms with Crippen molar-refractivity contribution in [1.82, 2.24) is 10.7 Å². The first-order chi connectivity index (χ1) is 17.4. The van der Waals surface area contributed by atoms with E-state index in [0.717, 1.165) is 10.0 Å². The minimum atomic E-state index is -0.613. The Hall–Kier alpha value is -4.44. The molecule has 2 N–H and O–H groups in total. The predicted octanol–water partition coefficient (Wildman–Crippen LogP) is 3.95. The monoisotopic (exact) mass is 551 g/mol. The van der Waals surface area contributed by atoms with Gasteiger partial charge in [-0.25, -0.2) is 10.2 Å². The first-order valence-corrected chi connectivity index (χ1v) is 11.4. The van der Waals surface area contributed by atoms with Gasteiger partial charge < -0.3 is 19.2 Å². The predicted molar refractivity (Wildman–Crippen MR) is 138 cm³/mol. The molecule has 0 atom stereocenters. The SMILES string of the molecule is COc1ccc(/C=C\C(=O)NCC(=O)NN=Cc2cc(Br)ccc2OC(=O)/C=C\c2ccco2)cc1. The second-order valence-corrected chi connectivity index (χ2v) is 7.99. The second-order valence-electron chi connectivity index (χ2n) is 7.07. The molecular formula is C26H22BrN3O6. The summed E-state index contributed by atoms with van der Waals surface area (Å²) in [4.78, 5) is 36.1. The van der Waals surface area contributed by atoms with E-state index in [1.807, 2.05) is 0 Å². The lowest BCUT2D eigenvalue weighted by Crippen LogP contribution is -2.34. The van der Waals surface area contributed by atoms with E-state index < -0.39 is 17.8 Å². The van der Waals surface area contributed by atoms with Crippen LogP contribution >= 0.6 is 15.9 Å². The van der Waals surface area contributed by atoms with Gasteiger partial charge in [-0.1, -0.05) is 28.1 Å². The van der Waals surface area contributed by atoms with E-state index in [1.54, 1.807) is 67.8 Å². The van der Waals surface area contributed by atoms with Crippen molar-refractivity contribution in [2.45, 2.75) is 0 Å². The molecule has 0 radical (unpaired) electrons. The summed E-state index contributed by atoms with van der Waals surface area (Å²) in [5, 5.41) is 6.34. The average molecular weight is 552 g/mol. The highest BCUT2D eigenvalue weighted by Gasteiger charge is 2.08. The van der Waals surface area contributed by atoms with E-state index in [2.05, 4.69) is 31.8 Å². The van der Waals surface area contributed by atoms with E-state index >= 15 is 0 Å². The fourth-order valence-electron chi connectivity index (χ4n) is 2.72. The molecule has 3 aromatic rings. The Kier molecular flexibility index (Phi) is 9.78. The Morgan fingerprint density at radius 3 is 2.58 bits per heavy atom. The lowest BCUT2D eigenvalue weighted by molar-refractivity contribution is -0.129. The lowest BCUT2D eigenvalue weighted by atomic mass is 10.2. The standard InChI is InChI=1S/C26H22BrN3O6/c1-34-21-8-4-18(5-9-21)6-12-24(31)28-17-25(32)30-29-16-19-15-20(27)7-11-23(19)36-26(33)13-10-22-3-2-14-35-22/h2-16H,17H2,1H3,(H,28,31)(H,30,32)/b12-6-,13-10-,29-16?. The summed E-state index contributed by atoms with van der Waals surface area (Å²) in [6, 6.07) is 15.5. The first kappa shape index (κ1) is 26.2. The highest BCUT2D eigenvalue weighted by atomic mass is 79.9. The summed E-state index contributed by atoms with van der Waals surface area (Å²) >= 11 is 3.34. The summed E-state index contributed by atoms with van der Waals surface area (Å²) in [5.74, 6) is -0.124. The molecule has 0 saturated carbocycles. The second kappa shape index (κ2) is 13.4. The Bertz CT molecular complexity index is 1280. The van der Waals surface area contributed by atoms with E-state index in [4.69, 9.17) is 13.9 Å². The van der Waals surface area contributed by atoms with Gasteiger partial charge in [-0.3, -0.25) is 9.59 Å². The van der Waals surface area contributed by atoms with Gasteiger partial charge in [-0.15, -0.1) is 0 Å². The highest BCUT2D eigenvalue weighted by Crippen LogP contribution is 2.22. The number of carbonyl (C=O) groups is 3. The molecule has 9 nitrogen and oxygen atoms in total. The van der Waals surface area contributed by atoms with Gasteiger partial charge in [0.2, 0.25) is 5.91 Å². The van der Waals surface area contributed by atoms with Crippen LogP contribution in [0.5, 0.6) is 11.5 Å². The van der Waals surface area contributed by atoms with Crippen LogP contribution in [0.1, 0.15) is 16.9 Å². The maximum absolute atomic E-state index is 12.1. The molecule has 0 unspecified atom stereocenters. The average Bonchev–Trinajstić information content (AvgIpc) is 3.40. The van der Waals surface area contributed by atoms with Crippen LogP contribution in [0.4, 0.5) is 0 Å². The van der Waals surface area contributed by atoms with E-state index in [0.29, 0.717) is 17.1 Å². The number of amides is 2. The Balaban J connectivity index is 1.49. The molecule has 1 aromatic heterocycles. The summed E-state index contributed by atoms with van der Waals surface area (Å²) < 4.78 is 16.3. The number of hydrazone groups is 1. The number of rotatable bonds is 10. The van der Waals surface area contributed by atoms with Crippen molar-refractivity contribution >= 4 is 52.1 Å². The maximum atomic E-state index is 12.1. The fraction of sp³-hybridized carbons (Fsp3) is 0.0769. The number of nitrogens with one attached hydrogen (secondary N) is 2. The number of carbonyl (C=O) groups excluding carboxylic acids is 3. The van der Waals surface area contributed by atoms with Crippen molar-refractivity contribution in [2.24, 2.45) is 5.10 Å². The minimum absolute atomic E-state index is 0.238. The van der Waals surface area contributed by atoms with Crippen LogP contribution in [0.25, 0.3) is 12.2 Å². The third kappa shape index (κ3) is 8.73. The highest BCUT2D eigenvalue weighted by molar-refractivity contribution is 9.10. The van der Waals surface area contributed by atoms with Gasteiger partial charge in [-0.2, -0.15) is 5.10 Å². The molecule has 0 saturated heterocycles.